The van der Waals surface area contributed by atoms with E-state index >= 15 is 0 Å². The van der Waals surface area contributed by atoms with Gasteiger partial charge in [-0.3, -0.25) is 4.79 Å². The predicted octanol–water partition coefficient (Wildman–Crippen LogP) is 1.07. The number of Topliss-reactive ketones (excluding diaryl/α,β-unsaturated/α-hetero) is 1. The molecule has 0 fully saturated rings. The van der Waals surface area contributed by atoms with Gasteiger partial charge >= 0.3 is 0 Å². The average molecular weight is 144 g/mol. The molecule has 0 bridgehead atoms. The first kappa shape index (κ1) is 8.06. The maximum Gasteiger partial charge on any atom is 0.162 e. The van der Waals surface area contributed by atoms with Crippen molar-refractivity contribution in [3.05, 3.63) is 29.8 Å². The highest BCUT2D eigenvalue weighted by molar-refractivity contribution is 6.32. The molecule has 11 heavy (non-hydrogen) atoms. The molecule has 0 aliphatic heterocycles. The second-order valence-electron chi connectivity index (χ2n) is 2.40. The van der Waals surface area contributed by atoms with E-state index in [4.69, 9.17) is 7.85 Å². The summed E-state index contributed by atoms with van der Waals surface area (Å²) >= 11 is 0. The van der Waals surface area contributed by atoms with Crippen molar-refractivity contribution in [3.63, 3.8) is 0 Å². The van der Waals surface area contributed by atoms with Crippen molar-refractivity contribution in [3.8, 4) is 0 Å². The van der Waals surface area contributed by atoms with Crippen LogP contribution in [0, 0.1) is 0 Å². The summed E-state index contributed by atoms with van der Waals surface area (Å²) in [7, 11) is 5.50. The van der Waals surface area contributed by atoms with Gasteiger partial charge in [0.25, 0.3) is 0 Å². The molecule has 0 saturated carbocycles. The minimum absolute atomic E-state index is 0.136. The van der Waals surface area contributed by atoms with E-state index in [1.165, 1.54) is 0 Å². The van der Waals surface area contributed by atoms with E-state index in [-0.39, 0.29) is 5.78 Å². The van der Waals surface area contributed by atoms with Crippen LogP contribution in [0.1, 0.15) is 23.7 Å². The highest BCUT2D eigenvalue weighted by Crippen LogP contribution is 1.99. The van der Waals surface area contributed by atoms with Crippen molar-refractivity contribution in [2.45, 2.75) is 13.3 Å². The summed E-state index contributed by atoms with van der Waals surface area (Å²) < 4.78 is 0. The van der Waals surface area contributed by atoms with Crippen molar-refractivity contribution in [1.29, 1.82) is 0 Å². The van der Waals surface area contributed by atoms with Gasteiger partial charge in [0.2, 0.25) is 0 Å². The zero-order valence-electron chi connectivity index (χ0n) is 6.50. The number of hydrogen-bond donors (Lipinski definition) is 0. The third-order valence-corrected chi connectivity index (χ3v) is 1.53. The van der Waals surface area contributed by atoms with Gasteiger partial charge in [-0.1, -0.05) is 36.7 Å². The second-order valence-corrected chi connectivity index (χ2v) is 2.40. The molecule has 0 atom stereocenters. The van der Waals surface area contributed by atoms with Gasteiger partial charge in [-0.05, 0) is 0 Å². The smallest absolute Gasteiger partial charge is 0.162 e. The minimum Gasteiger partial charge on any atom is -0.294 e. The van der Waals surface area contributed by atoms with Crippen LogP contribution in [0.15, 0.2) is 24.3 Å². The average Bonchev–Trinajstić information content (AvgIpc) is 2.03. The molecule has 0 aromatic heterocycles. The monoisotopic (exact) mass is 144 g/mol. The molecule has 54 valence electrons. The Bertz CT molecular complexity index is 268. The molecule has 0 amide bonds. The Morgan fingerprint density at radius 3 is 2.82 bits per heavy atom. The molecule has 1 nitrogen and oxygen atoms in total. The molecular weight excluding hydrogens is 135 g/mol. The lowest BCUT2D eigenvalue weighted by Crippen LogP contribution is -2.05. The topological polar surface area (TPSA) is 17.1 Å². The van der Waals surface area contributed by atoms with Crippen LogP contribution >= 0.6 is 0 Å². The van der Waals surface area contributed by atoms with Crippen LogP contribution in [-0.2, 0) is 0 Å². The number of rotatable bonds is 2. The van der Waals surface area contributed by atoms with Crippen LogP contribution in [0.25, 0.3) is 0 Å². The van der Waals surface area contributed by atoms with Crippen molar-refractivity contribution in [2.75, 3.05) is 0 Å². The zero-order valence-corrected chi connectivity index (χ0v) is 6.50. The Balaban J connectivity index is 2.96. The van der Waals surface area contributed by atoms with Gasteiger partial charge in [0.1, 0.15) is 7.85 Å². The molecule has 2 radical (unpaired) electrons. The first-order valence-electron chi connectivity index (χ1n) is 3.62. The number of ketones is 1. The van der Waals surface area contributed by atoms with E-state index in [0.29, 0.717) is 17.4 Å². The fourth-order valence-corrected chi connectivity index (χ4v) is 0.916. The lowest BCUT2D eigenvalue weighted by atomic mass is 9.93. The Morgan fingerprint density at radius 1 is 1.55 bits per heavy atom. The summed E-state index contributed by atoms with van der Waals surface area (Å²) in [5.41, 5.74) is 1.34. The molecule has 0 aliphatic carbocycles. The van der Waals surface area contributed by atoms with Crippen LogP contribution in [0.5, 0.6) is 0 Å². The van der Waals surface area contributed by atoms with Crippen molar-refractivity contribution in [2.24, 2.45) is 0 Å². The van der Waals surface area contributed by atoms with E-state index < -0.39 is 0 Å². The Morgan fingerprint density at radius 2 is 2.27 bits per heavy atom. The molecule has 2 heteroatoms. The van der Waals surface area contributed by atoms with Crippen LogP contribution < -0.4 is 5.46 Å². The molecule has 0 unspecified atom stereocenters. The lowest BCUT2D eigenvalue weighted by molar-refractivity contribution is 0.0988. The van der Waals surface area contributed by atoms with E-state index in [1.807, 2.05) is 6.92 Å². The summed E-state index contributed by atoms with van der Waals surface area (Å²) in [6.07, 6.45) is 0.531. The van der Waals surface area contributed by atoms with Crippen LogP contribution in [-0.4, -0.2) is 13.6 Å². The normalized spacial score (nSPS) is 9.55. The number of hydrogen-bond acceptors (Lipinski definition) is 1. The van der Waals surface area contributed by atoms with Crippen molar-refractivity contribution >= 4 is 19.1 Å². The van der Waals surface area contributed by atoms with Gasteiger partial charge in [-0.15, -0.1) is 0 Å². The molecular formula is C9H9BO. The van der Waals surface area contributed by atoms with Gasteiger partial charge in [-0.25, -0.2) is 0 Å². The van der Waals surface area contributed by atoms with Gasteiger partial charge in [-0.2, -0.15) is 0 Å². The summed E-state index contributed by atoms with van der Waals surface area (Å²) in [6.45, 7) is 1.84. The maximum atomic E-state index is 11.1. The molecule has 0 heterocycles. The second kappa shape index (κ2) is 3.38. The lowest BCUT2D eigenvalue weighted by Gasteiger charge is -1.97. The van der Waals surface area contributed by atoms with Crippen molar-refractivity contribution in [1.82, 2.24) is 0 Å². The molecule has 1 aromatic carbocycles. The van der Waals surface area contributed by atoms with Gasteiger partial charge in [0.15, 0.2) is 5.78 Å². The molecule has 0 N–H and O–H groups in total. The summed E-state index contributed by atoms with van der Waals surface area (Å²) in [6, 6.07) is 7.04. The quantitative estimate of drug-likeness (QED) is 0.448. The third kappa shape index (κ3) is 1.94. The summed E-state index contributed by atoms with van der Waals surface area (Å²) in [4.78, 5) is 11.1. The van der Waals surface area contributed by atoms with Gasteiger partial charge < -0.3 is 0 Å². The Labute approximate surface area is 67.8 Å². The molecule has 0 spiro atoms. The van der Waals surface area contributed by atoms with Crippen LogP contribution in [0.3, 0.4) is 0 Å². The van der Waals surface area contributed by atoms with Gasteiger partial charge in [0, 0.05) is 12.0 Å². The fourth-order valence-electron chi connectivity index (χ4n) is 0.916. The Kier molecular flexibility index (Phi) is 2.47. The first-order chi connectivity index (χ1) is 5.24. The third-order valence-electron chi connectivity index (χ3n) is 1.53. The van der Waals surface area contributed by atoms with Crippen LogP contribution in [0.4, 0.5) is 0 Å². The van der Waals surface area contributed by atoms with E-state index in [2.05, 4.69) is 0 Å². The van der Waals surface area contributed by atoms with Crippen molar-refractivity contribution < 1.29 is 4.79 Å². The van der Waals surface area contributed by atoms with E-state index in [1.54, 1.807) is 24.3 Å². The highest BCUT2D eigenvalue weighted by atomic mass is 16.1. The molecule has 1 rings (SSSR count). The summed E-state index contributed by atoms with van der Waals surface area (Å²) in [5.74, 6) is 0.136. The maximum absolute atomic E-state index is 11.1. The Hall–Kier alpha value is -1.05. The van der Waals surface area contributed by atoms with E-state index in [9.17, 15) is 4.79 Å². The predicted molar refractivity (Wildman–Crippen MR) is 46.5 cm³/mol. The van der Waals surface area contributed by atoms with Crippen LogP contribution in [0.2, 0.25) is 0 Å². The zero-order chi connectivity index (χ0) is 8.27. The largest absolute Gasteiger partial charge is 0.294 e. The SMILES string of the molecule is [B]c1cccc(C(=O)CC)c1. The molecule has 1 aromatic rings. The highest BCUT2D eigenvalue weighted by Gasteiger charge is 2.00. The number of benzene rings is 1. The molecule has 0 aliphatic rings. The standard InChI is InChI=1S/C9H9BO/c1-2-9(11)7-4-3-5-8(10)6-7/h3-6H,2H2,1H3. The van der Waals surface area contributed by atoms with E-state index in [0.717, 1.165) is 0 Å². The number of carbonyl (C=O) groups excluding carboxylic acids is 1. The summed E-state index contributed by atoms with van der Waals surface area (Å²) in [5, 5.41) is 0. The van der Waals surface area contributed by atoms with Gasteiger partial charge in [0.05, 0.1) is 0 Å². The fraction of sp³-hybridized carbons (Fsp3) is 0.222. The minimum atomic E-state index is 0.136. The first-order valence-corrected chi connectivity index (χ1v) is 3.62. The number of carbonyl (C=O) groups is 1. The molecule has 0 saturated heterocycles.